The van der Waals surface area contributed by atoms with Crippen molar-refractivity contribution in [1.82, 2.24) is 0 Å². The number of hydrogen-bond donors (Lipinski definition) is 1. The Balaban J connectivity index is 2.41. The van der Waals surface area contributed by atoms with Crippen LogP contribution in [0, 0.1) is 22.8 Å². The van der Waals surface area contributed by atoms with Gasteiger partial charge in [-0.15, -0.1) is 0 Å². The zero-order valence-electron chi connectivity index (χ0n) is 15.8. The average Bonchev–Trinajstić information content (AvgIpc) is 2.92. The van der Waals surface area contributed by atoms with Gasteiger partial charge in [-0.1, -0.05) is 12.1 Å². The van der Waals surface area contributed by atoms with Gasteiger partial charge in [0.2, 0.25) is 5.43 Å². The van der Waals surface area contributed by atoms with E-state index in [4.69, 9.17) is 14.9 Å². The van der Waals surface area contributed by atoms with E-state index < -0.39 is 22.8 Å². The van der Waals surface area contributed by atoms with Crippen LogP contribution in [0.1, 0.15) is 19.4 Å². The molecule has 144 valence electrons. The van der Waals surface area contributed by atoms with Gasteiger partial charge >= 0.3 is 11.9 Å². The summed E-state index contributed by atoms with van der Waals surface area (Å²) in [5.41, 5.74) is -0.438. The molecule has 0 amide bonds. The SMILES string of the molecule is CC(=O)Oc1cc(C)cc2c(=N)c(=O)c3c4c(OC(C)=O)cccc4c(=O)c=3c12. The molecule has 0 aromatic heterocycles. The smallest absolute Gasteiger partial charge is 0.308 e. The van der Waals surface area contributed by atoms with Crippen molar-refractivity contribution in [2.24, 2.45) is 0 Å². The molecule has 0 radical (unpaired) electrons. The van der Waals surface area contributed by atoms with Gasteiger partial charge in [-0.25, -0.2) is 0 Å². The number of benzene rings is 2. The first-order chi connectivity index (χ1) is 13.7. The maximum atomic E-state index is 13.2. The van der Waals surface area contributed by atoms with Crippen molar-refractivity contribution >= 4 is 33.5 Å². The van der Waals surface area contributed by atoms with Crippen LogP contribution in [-0.4, -0.2) is 11.9 Å². The van der Waals surface area contributed by atoms with Crippen LogP contribution in [-0.2, 0) is 9.59 Å². The molecule has 0 saturated carbocycles. The summed E-state index contributed by atoms with van der Waals surface area (Å²) >= 11 is 0. The molecule has 0 saturated heterocycles. The molecule has 7 nitrogen and oxygen atoms in total. The predicted octanol–water partition coefficient (Wildman–Crippen LogP) is 1.95. The second kappa shape index (κ2) is 6.34. The molecule has 2 aliphatic rings. The molecular weight excluding hydrogens is 374 g/mol. The largest absolute Gasteiger partial charge is 0.426 e. The first-order valence-electron chi connectivity index (χ1n) is 8.78. The third-order valence-corrected chi connectivity index (χ3v) is 4.73. The standard InChI is InChI=1S/C22H15NO6/c1-9-7-13-17(15(8-9)29-11(3)25)18-19(22(27)20(13)23)16-12(21(18)26)5-4-6-14(16)28-10(2)24/h4-8,23H,1-3H3. The Hall–Kier alpha value is -3.87. The fraction of sp³-hybridized carbons (Fsp3) is 0.136. The average molecular weight is 389 g/mol. The number of fused-ring (bicyclic) bond motifs is 4. The maximum Gasteiger partial charge on any atom is 0.308 e. The molecule has 0 bridgehead atoms. The molecule has 0 unspecified atom stereocenters. The maximum absolute atomic E-state index is 13.2. The molecule has 0 spiro atoms. The summed E-state index contributed by atoms with van der Waals surface area (Å²) in [4.78, 5) is 49.4. The van der Waals surface area contributed by atoms with Gasteiger partial charge in [-0.05, 0) is 30.7 Å². The van der Waals surface area contributed by atoms with Crippen molar-refractivity contribution in [3.63, 3.8) is 0 Å². The lowest BCUT2D eigenvalue weighted by Gasteiger charge is -2.08. The normalized spacial score (nSPS) is 11.3. The van der Waals surface area contributed by atoms with Crippen LogP contribution in [0.4, 0.5) is 0 Å². The highest BCUT2D eigenvalue weighted by Crippen LogP contribution is 2.31. The van der Waals surface area contributed by atoms with Gasteiger partial charge < -0.3 is 9.47 Å². The Morgan fingerprint density at radius 3 is 2.07 bits per heavy atom. The molecule has 4 rings (SSSR count). The van der Waals surface area contributed by atoms with E-state index >= 15 is 0 Å². The van der Waals surface area contributed by atoms with Gasteiger partial charge in [0, 0.05) is 45.8 Å². The van der Waals surface area contributed by atoms with Crippen molar-refractivity contribution in [2.45, 2.75) is 20.8 Å². The van der Waals surface area contributed by atoms with Gasteiger partial charge in [0.1, 0.15) is 16.9 Å². The molecular formula is C22H15NO6. The minimum atomic E-state index is -0.654. The number of carbonyl (C=O) groups excluding carboxylic acids is 2. The number of aryl methyl sites for hydroxylation is 1. The molecule has 2 aromatic carbocycles. The number of hydrogen-bond acceptors (Lipinski definition) is 7. The third-order valence-electron chi connectivity index (χ3n) is 4.73. The van der Waals surface area contributed by atoms with E-state index in [-0.39, 0.29) is 48.8 Å². The number of carbonyl (C=O) groups is 2. The van der Waals surface area contributed by atoms with E-state index in [9.17, 15) is 19.2 Å². The number of rotatable bonds is 2. The second-order valence-electron chi connectivity index (χ2n) is 6.83. The lowest BCUT2D eigenvalue weighted by atomic mass is 10.0. The first-order valence-corrected chi connectivity index (χ1v) is 8.78. The third kappa shape index (κ3) is 2.70. The molecule has 0 heterocycles. The molecule has 29 heavy (non-hydrogen) atoms. The van der Waals surface area contributed by atoms with Gasteiger partial charge in [0.25, 0.3) is 0 Å². The highest BCUT2D eigenvalue weighted by atomic mass is 16.5. The Bertz CT molecular complexity index is 1570. The quantitative estimate of drug-likeness (QED) is 0.414. The lowest BCUT2D eigenvalue weighted by molar-refractivity contribution is -0.132. The summed E-state index contributed by atoms with van der Waals surface area (Å²) in [6, 6.07) is 7.75. The van der Waals surface area contributed by atoms with E-state index in [1.165, 1.54) is 26.0 Å². The van der Waals surface area contributed by atoms with Gasteiger partial charge in [-0.2, -0.15) is 0 Å². The predicted molar refractivity (Wildman–Crippen MR) is 105 cm³/mol. The van der Waals surface area contributed by atoms with Crippen LogP contribution < -0.4 is 25.7 Å². The van der Waals surface area contributed by atoms with E-state index in [0.29, 0.717) is 5.56 Å². The molecule has 1 N–H and O–H groups in total. The van der Waals surface area contributed by atoms with Crippen molar-refractivity contribution < 1.29 is 19.1 Å². The monoisotopic (exact) mass is 389 g/mol. The van der Waals surface area contributed by atoms with Crippen molar-refractivity contribution in [1.29, 1.82) is 5.41 Å². The summed E-state index contributed by atoms with van der Waals surface area (Å²) in [5.74, 6) is -1.02. The zero-order valence-corrected chi connectivity index (χ0v) is 15.8. The van der Waals surface area contributed by atoms with Gasteiger partial charge in [0.15, 0.2) is 5.43 Å². The van der Waals surface area contributed by atoms with Crippen LogP contribution in [0.15, 0.2) is 39.9 Å². The minimum Gasteiger partial charge on any atom is -0.426 e. The summed E-state index contributed by atoms with van der Waals surface area (Å²) < 4.78 is 10.5. The summed E-state index contributed by atoms with van der Waals surface area (Å²) in [7, 11) is 0. The van der Waals surface area contributed by atoms with Crippen molar-refractivity contribution in [3.8, 4) is 11.5 Å². The topological polar surface area (TPSA) is 111 Å². The number of esters is 2. The number of nitrogens with one attached hydrogen (secondary N) is 1. The van der Waals surface area contributed by atoms with Crippen LogP contribution in [0.25, 0.3) is 21.5 Å². The Morgan fingerprint density at radius 2 is 1.41 bits per heavy atom. The summed E-state index contributed by atoms with van der Waals surface area (Å²) in [6.07, 6.45) is 0. The minimum absolute atomic E-state index is 0.0170. The summed E-state index contributed by atoms with van der Waals surface area (Å²) in [6.45, 7) is 4.18. The molecule has 0 aliphatic heterocycles. The molecule has 2 aromatic rings. The van der Waals surface area contributed by atoms with Crippen LogP contribution >= 0.6 is 0 Å². The van der Waals surface area contributed by atoms with E-state index in [2.05, 4.69) is 0 Å². The van der Waals surface area contributed by atoms with E-state index in [0.717, 1.165) is 0 Å². The molecule has 7 heteroatoms. The summed E-state index contributed by atoms with van der Waals surface area (Å²) in [5, 5.41) is 8.90. The highest BCUT2D eigenvalue weighted by molar-refractivity contribution is 5.98. The lowest BCUT2D eigenvalue weighted by Crippen LogP contribution is -2.26. The Morgan fingerprint density at radius 1 is 0.828 bits per heavy atom. The first kappa shape index (κ1) is 18.5. The van der Waals surface area contributed by atoms with E-state index in [1.54, 1.807) is 25.1 Å². The Kier molecular flexibility index (Phi) is 4.04. The number of ether oxygens (including phenoxy) is 2. The second-order valence-corrected chi connectivity index (χ2v) is 6.83. The van der Waals surface area contributed by atoms with Gasteiger partial charge in [-0.3, -0.25) is 24.6 Å². The Labute approximate surface area is 163 Å². The zero-order chi connectivity index (χ0) is 21.0. The van der Waals surface area contributed by atoms with Crippen LogP contribution in [0.5, 0.6) is 11.5 Å². The van der Waals surface area contributed by atoms with Crippen LogP contribution in [0.3, 0.4) is 0 Å². The van der Waals surface area contributed by atoms with Crippen molar-refractivity contribution in [2.75, 3.05) is 0 Å². The highest BCUT2D eigenvalue weighted by Gasteiger charge is 2.21. The fourth-order valence-corrected chi connectivity index (χ4v) is 3.75. The van der Waals surface area contributed by atoms with Gasteiger partial charge in [0.05, 0.1) is 0 Å². The van der Waals surface area contributed by atoms with Crippen molar-refractivity contribution in [3.05, 3.63) is 72.1 Å². The van der Waals surface area contributed by atoms with E-state index in [1.807, 2.05) is 0 Å². The fourth-order valence-electron chi connectivity index (χ4n) is 3.75. The van der Waals surface area contributed by atoms with Crippen LogP contribution in [0.2, 0.25) is 0 Å². The molecule has 0 fully saturated rings. The molecule has 2 aliphatic carbocycles. The molecule has 0 atom stereocenters.